The van der Waals surface area contributed by atoms with Gasteiger partial charge in [-0.1, -0.05) is 19.1 Å². The lowest BCUT2D eigenvalue weighted by molar-refractivity contribution is -0.892. The van der Waals surface area contributed by atoms with E-state index in [9.17, 15) is 14.7 Å². The summed E-state index contributed by atoms with van der Waals surface area (Å²) >= 11 is 1.43. The number of piperazine rings is 1. The number of quaternary nitrogens is 1. The van der Waals surface area contributed by atoms with Crippen molar-refractivity contribution in [3.05, 3.63) is 40.8 Å². The number of nitrogens with zero attached hydrogens (tertiary/aromatic N) is 1. The van der Waals surface area contributed by atoms with E-state index in [0.717, 1.165) is 43.2 Å². The molecule has 29 heavy (non-hydrogen) atoms. The number of amides is 1. The van der Waals surface area contributed by atoms with Crippen molar-refractivity contribution < 1.29 is 24.3 Å². The van der Waals surface area contributed by atoms with E-state index in [1.54, 1.807) is 19.1 Å². The molecule has 1 fully saturated rings. The predicted octanol–water partition coefficient (Wildman–Crippen LogP) is 1.54. The van der Waals surface area contributed by atoms with Crippen LogP contribution in [0.15, 0.2) is 30.3 Å². The second-order valence-electron chi connectivity index (χ2n) is 6.98. The van der Waals surface area contributed by atoms with Crippen LogP contribution in [0.1, 0.15) is 29.1 Å². The summed E-state index contributed by atoms with van der Waals surface area (Å²) in [4.78, 5) is 29.1. The Morgan fingerprint density at radius 1 is 1.24 bits per heavy atom. The lowest BCUT2D eigenvalue weighted by atomic mass is 10.2. The largest absolute Gasteiger partial charge is 0.506 e. The predicted molar refractivity (Wildman–Crippen MR) is 114 cm³/mol. The van der Waals surface area contributed by atoms with E-state index in [0.29, 0.717) is 23.7 Å². The number of aromatic hydroxyl groups is 1. The van der Waals surface area contributed by atoms with Gasteiger partial charge in [0.15, 0.2) is 6.54 Å². The Bertz CT molecular complexity index is 859. The summed E-state index contributed by atoms with van der Waals surface area (Å²) in [5.74, 6) is -0.224. The first kappa shape index (κ1) is 21.1. The minimum absolute atomic E-state index is 0.106. The van der Waals surface area contributed by atoms with E-state index < -0.39 is 5.97 Å². The third-order valence-corrected chi connectivity index (χ3v) is 6.18. The van der Waals surface area contributed by atoms with Gasteiger partial charge >= 0.3 is 5.97 Å². The second kappa shape index (κ2) is 9.76. The van der Waals surface area contributed by atoms with Crippen molar-refractivity contribution >= 4 is 33.9 Å². The molecule has 3 N–H and O–H groups in total. The molecule has 0 spiro atoms. The zero-order valence-electron chi connectivity index (χ0n) is 16.9. The number of rotatable bonds is 7. The number of carbonyl (C=O) groups excluding carboxylic acids is 2. The summed E-state index contributed by atoms with van der Waals surface area (Å²) in [5, 5.41) is 13.5. The highest BCUT2D eigenvalue weighted by Crippen LogP contribution is 2.29. The zero-order chi connectivity index (χ0) is 20.8. The lowest BCUT2D eigenvalue weighted by Gasteiger charge is -2.33. The molecule has 2 heterocycles. The summed E-state index contributed by atoms with van der Waals surface area (Å²) in [5.41, 5.74) is 1.27. The van der Waals surface area contributed by atoms with Crippen molar-refractivity contribution in [2.75, 3.05) is 49.5 Å². The summed E-state index contributed by atoms with van der Waals surface area (Å²) in [7, 11) is 0. The maximum absolute atomic E-state index is 12.6. The van der Waals surface area contributed by atoms with E-state index >= 15 is 0 Å². The maximum atomic E-state index is 12.6. The van der Waals surface area contributed by atoms with Gasteiger partial charge in [-0.25, -0.2) is 4.79 Å². The smallest absolute Gasteiger partial charge is 0.341 e. The van der Waals surface area contributed by atoms with Gasteiger partial charge in [0.25, 0.3) is 5.91 Å². The Labute approximate surface area is 174 Å². The summed E-state index contributed by atoms with van der Waals surface area (Å²) in [6.07, 6.45) is 0.798. The van der Waals surface area contributed by atoms with Crippen LogP contribution in [0.3, 0.4) is 0 Å². The molecule has 8 heteroatoms. The number of phenols is 1. The Morgan fingerprint density at radius 2 is 1.97 bits per heavy atom. The number of benzene rings is 1. The Kier molecular flexibility index (Phi) is 7.11. The SMILES string of the molecule is CCOC(=O)c1cc(CC)sc1NC(=O)C[NH+]1CCN(c2ccccc2O)CC1. The number of anilines is 2. The third-order valence-electron chi connectivity index (χ3n) is 4.98. The second-order valence-corrected chi connectivity index (χ2v) is 8.12. The van der Waals surface area contributed by atoms with Gasteiger partial charge in [-0.2, -0.15) is 0 Å². The Hall–Kier alpha value is -2.58. The lowest BCUT2D eigenvalue weighted by Crippen LogP contribution is -3.15. The molecule has 0 saturated carbocycles. The van der Waals surface area contributed by atoms with E-state index in [-0.39, 0.29) is 11.7 Å². The van der Waals surface area contributed by atoms with E-state index in [1.807, 2.05) is 25.1 Å². The van der Waals surface area contributed by atoms with Crippen molar-refractivity contribution in [1.82, 2.24) is 0 Å². The molecule has 1 aliphatic heterocycles. The normalized spacial score (nSPS) is 14.6. The topological polar surface area (TPSA) is 83.3 Å². The number of para-hydroxylation sites is 2. The zero-order valence-corrected chi connectivity index (χ0v) is 17.7. The van der Waals surface area contributed by atoms with Gasteiger partial charge in [-0.15, -0.1) is 11.3 Å². The quantitative estimate of drug-likeness (QED) is 0.594. The molecular formula is C21H28N3O4S+. The van der Waals surface area contributed by atoms with Gasteiger partial charge in [0.2, 0.25) is 0 Å². The number of nitrogens with one attached hydrogen (secondary N) is 2. The molecule has 2 aromatic rings. The number of esters is 1. The molecular weight excluding hydrogens is 390 g/mol. The monoisotopic (exact) mass is 418 g/mol. The molecule has 1 aliphatic rings. The standard InChI is InChI=1S/C21H27N3O4S/c1-3-15-13-16(21(27)28-4-2)20(29-15)22-19(26)14-23-9-11-24(12-10-23)17-7-5-6-8-18(17)25/h5-8,13,25H,3-4,9-12,14H2,1-2H3,(H,22,26)/p+1. The molecule has 1 saturated heterocycles. The van der Waals surface area contributed by atoms with Crippen molar-refractivity contribution in [3.63, 3.8) is 0 Å². The van der Waals surface area contributed by atoms with Gasteiger partial charge in [0.1, 0.15) is 10.8 Å². The van der Waals surface area contributed by atoms with Crippen LogP contribution in [0.5, 0.6) is 5.75 Å². The highest BCUT2D eigenvalue weighted by atomic mass is 32.1. The number of carbonyl (C=O) groups is 2. The summed E-state index contributed by atoms with van der Waals surface area (Å²) in [6.45, 7) is 7.57. The van der Waals surface area contributed by atoms with Crippen molar-refractivity contribution in [3.8, 4) is 5.75 Å². The van der Waals surface area contributed by atoms with Gasteiger partial charge in [0, 0.05) is 4.88 Å². The maximum Gasteiger partial charge on any atom is 0.341 e. The van der Waals surface area contributed by atoms with Crippen molar-refractivity contribution in [1.29, 1.82) is 0 Å². The van der Waals surface area contributed by atoms with E-state index in [1.165, 1.54) is 16.2 Å². The van der Waals surface area contributed by atoms with E-state index in [4.69, 9.17) is 4.74 Å². The van der Waals surface area contributed by atoms with Gasteiger partial charge in [0.05, 0.1) is 44.0 Å². The van der Waals surface area contributed by atoms with Crippen LogP contribution in [0, 0.1) is 0 Å². The van der Waals surface area contributed by atoms with Crippen LogP contribution in [0.2, 0.25) is 0 Å². The first-order valence-corrected chi connectivity index (χ1v) is 10.8. The summed E-state index contributed by atoms with van der Waals surface area (Å²) in [6, 6.07) is 9.12. The molecule has 7 nitrogen and oxygen atoms in total. The highest BCUT2D eigenvalue weighted by molar-refractivity contribution is 7.16. The molecule has 0 unspecified atom stereocenters. The number of phenolic OH excluding ortho intramolecular Hbond substituents is 1. The van der Waals surface area contributed by atoms with Crippen molar-refractivity contribution in [2.24, 2.45) is 0 Å². The van der Waals surface area contributed by atoms with Gasteiger partial charge in [-0.05, 0) is 31.5 Å². The first-order chi connectivity index (χ1) is 14.0. The molecule has 0 bridgehead atoms. The number of ether oxygens (including phenoxy) is 1. The highest BCUT2D eigenvalue weighted by Gasteiger charge is 2.25. The van der Waals surface area contributed by atoms with Crippen molar-refractivity contribution in [2.45, 2.75) is 20.3 Å². The van der Waals surface area contributed by atoms with Crippen LogP contribution in [0.4, 0.5) is 10.7 Å². The molecule has 0 radical (unpaired) electrons. The fourth-order valence-electron chi connectivity index (χ4n) is 3.44. The van der Waals surface area contributed by atoms with Crippen LogP contribution < -0.4 is 15.1 Å². The molecule has 1 aromatic carbocycles. The molecule has 1 amide bonds. The average molecular weight is 419 g/mol. The molecule has 0 aliphatic carbocycles. The molecule has 1 aromatic heterocycles. The molecule has 156 valence electrons. The van der Waals surface area contributed by atoms with Crippen LogP contribution in [-0.4, -0.2) is 56.3 Å². The minimum Gasteiger partial charge on any atom is -0.506 e. The number of thiophene rings is 1. The Morgan fingerprint density at radius 3 is 2.62 bits per heavy atom. The fourth-order valence-corrected chi connectivity index (χ4v) is 4.44. The molecule has 3 rings (SSSR count). The minimum atomic E-state index is -0.401. The van der Waals surface area contributed by atoms with E-state index in [2.05, 4.69) is 10.2 Å². The van der Waals surface area contributed by atoms with Crippen LogP contribution in [-0.2, 0) is 16.0 Å². The average Bonchev–Trinajstić information content (AvgIpc) is 3.12. The first-order valence-electron chi connectivity index (χ1n) is 9.98. The number of aryl methyl sites for hydroxylation is 1. The van der Waals surface area contributed by atoms with Gasteiger partial charge in [-0.3, -0.25) is 4.79 Å². The number of hydrogen-bond acceptors (Lipinski definition) is 6. The third kappa shape index (κ3) is 5.27. The fraction of sp³-hybridized carbons (Fsp3) is 0.429. The van der Waals surface area contributed by atoms with Gasteiger partial charge < -0.3 is 25.0 Å². The number of hydrogen-bond donors (Lipinski definition) is 3. The molecule has 0 atom stereocenters. The summed E-state index contributed by atoms with van der Waals surface area (Å²) < 4.78 is 5.11. The van der Waals surface area contributed by atoms with Crippen LogP contribution in [0.25, 0.3) is 0 Å². The van der Waals surface area contributed by atoms with Crippen LogP contribution >= 0.6 is 11.3 Å². The Balaban J connectivity index is 1.56.